The van der Waals surface area contributed by atoms with Crippen molar-refractivity contribution in [3.05, 3.63) is 29.8 Å². The Bertz CT molecular complexity index is 376. The summed E-state index contributed by atoms with van der Waals surface area (Å²) < 4.78 is 0. The van der Waals surface area contributed by atoms with Gasteiger partial charge in [-0.1, -0.05) is 18.2 Å². The maximum absolute atomic E-state index is 5.96. The van der Waals surface area contributed by atoms with Crippen LogP contribution in [0.3, 0.4) is 0 Å². The average Bonchev–Trinajstić information content (AvgIpc) is 2.80. The van der Waals surface area contributed by atoms with Crippen molar-refractivity contribution in [2.75, 3.05) is 39.5 Å². The highest BCUT2D eigenvalue weighted by molar-refractivity contribution is 5.46. The van der Waals surface area contributed by atoms with Crippen molar-refractivity contribution in [2.24, 2.45) is 0 Å². The number of benzene rings is 1. The molecule has 0 bridgehead atoms. The van der Waals surface area contributed by atoms with E-state index in [0.717, 1.165) is 18.2 Å². The predicted octanol–water partition coefficient (Wildman–Crippen LogP) is 1.84. The summed E-state index contributed by atoms with van der Waals surface area (Å²) in [5.74, 6) is 0. The third-order valence-electron chi connectivity index (χ3n) is 3.95. The van der Waals surface area contributed by atoms with Crippen molar-refractivity contribution in [3.63, 3.8) is 0 Å². The van der Waals surface area contributed by atoms with Crippen LogP contribution >= 0.6 is 0 Å². The molecule has 0 radical (unpaired) electrons. The minimum absolute atomic E-state index is 0.742. The summed E-state index contributed by atoms with van der Waals surface area (Å²) in [6.45, 7) is 3.66. The van der Waals surface area contributed by atoms with Crippen LogP contribution in [-0.2, 0) is 6.42 Å². The molecular weight excluding hydrogens is 222 g/mol. The summed E-state index contributed by atoms with van der Waals surface area (Å²) in [7, 11) is 4.36. The number of nitrogens with two attached hydrogens (primary N) is 1. The first kappa shape index (κ1) is 13.4. The number of hydrogen-bond donors (Lipinski definition) is 1. The summed E-state index contributed by atoms with van der Waals surface area (Å²) in [4.78, 5) is 4.92. The molecule has 2 N–H and O–H groups in total. The molecule has 0 spiro atoms. The Hall–Kier alpha value is -1.06. The summed E-state index contributed by atoms with van der Waals surface area (Å²) >= 11 is 0. The van der Waals surface area contributed by atoms with Crippen molar-refractivity contribution < 1.29 is 0 Å². The number of nitrogen functional groups attached to an aromatic ring is 1. The van der Waals surface area contributed by atoms with E-state index in [2.05, 4.69) is 36.0 Å². The predicted molar refractivity (Wildman–Crippen MR) is 77.7 cm³/mol. The lowest BCUT2D eigenvalue weighted by Crippen LogP contribution is -2.31. The van der Waals surface area contributed by atoms with Crippen LogP contribution in [0.4, 0.5) is 5.69 Å². The molecule has 1 atom stereocenters. The van der Waals surface area contributed by atoms with Gasteiger partial charge in [0, 0.05) is 18.3 Å². The number of hydrogen-bond acceptors (Lipinski definition) is 3. The van der Waals surface area contributed by atoms with E-state index < -0.39 is 0 Å². The molecule has 18 heavy (non-hydrogen) atoms. The zero-order valence-electron chi connectivity index (χ0n) is 11.6. The summed E-state index contributed by atoms with van der Waals surface area (Å²) in [5.41, 5.74) is 8.18. The number of likely N-dealkylation sites (tertiary alicyclic amines) is 1. The molecule has 0 saturated carbocycles. The molecular formula is C15H25N3. The largest absolute Gasteiger partial charge is 0.399 e. The van der Waals surface area contributed by atoms with E-state index >= 15 is 0 Å². The molecule has 0 aromatic heterocycles. The van der Waals surface area contributed by atoms with E-state index in [1.54, 1.807) is 0 Å². The second-order valence-electron chi connectivity index (χ2n) is 5.51. The molecule has 1 fully saturated rings. The van der Waals surface area contributed by atoms with Crippen LogP contribution in [0, 0.1) is 0 Å². The molecule has 1 saturated heterocycles. The van der Waals surface area contributed by atoms with Gasteiger partial charge in [-0.3, -0.25) is 0 Å². The SMILES string of the molecule is CN(C)C1CCN(CCCc2ccccc2N)C1. The number of nitrogens with zero attached hydrogens (tertiary/aromatic N) is 2. The Morgan fingerprint density at radius 1 is 1.33 bits per heavy atom. The van der Waals surface area contributed by atoms with Crippen LogP contribution in [0.5, 0.6) is 0 Å². The molecule has 3 heteroatoms. The minimum Gasteiger partial charge on any atom is -0.399 e. The molecule has 2 rings (SSSR count). The first-order valence-electron chi connectivity index (χ1n) is 6.89. The molecule has 1 heterocycles. The van der Waals surface area contributed by atoms with E-state index in [-0.39, 0.29) is 0 Å². The van der Waals surface area contributed by atoms with Crippen molar-refractivity contribution in [1.29, 1.82) is 0 Å². The van der Waals surface area contributed by atoms with Gasteiger partial charge in [-0.15, -0.1) is 0 Å². The Morgan fingerprint density at radius 2 is 2.11 bits per heavy atom. The molecule has 1 aliphatic rings. The maximum Gasteiger partial charge on any atom is 0.0346 e. The van der Waals surface area contributed by atoms with Gasteiger partial charge in [0.2, 0.25) is 0 Å². The lowest BCUT2D eigenvalue weighted by Gasteiger charge is -2.20. The molecule has 0 amide bonds. The zero-order chi connectivity index (χ0) is 13.0. The highest BCUT2D eigenvalue weighted by atomic mass is 15.2. The number of likely N-dealkylation sites (N-methyl/N-ethyl adjacent to an activating group) is 1. The number of aryl methyl sites for hydroxylation is 1. The molecule has 1 aromatic rings. The summed E-state index contributed by atoms with van der Waals surface area (Å²) in [5, 5.41) is 0. The smallest absolute Gasteiger partial charge is 0.0346 e. The van der Waals surface area contributed by atoms with Crippen LogP contribution in [-0.4, -0.2) is 49.6 Å². The van der Waals surface area contributed by atoms with Gasteiger partial charge in [-0.05, 0) is 58.1 Å². The van der Waals surface area contributed by atoms with E-state index in [1.807, 2.05) is 12.1 Å². The average molecular weight is 247 g/mol. The van der Waals surface area contributed by atoms with Crippen molar-refractivity contribution >= 4 is 5.69 Å². The molecule has 1 aliphatic heterocycles. The molecule has 100 valence electrons. The molecule has 1 aromatic carbocycles. The third kappa shape index (κ3) is 3.47. The van der Waals surface area contributed by atoms with Crippen molar-refractivity contribution in [2.45, 2.75) is 25.3 Å². The lowest BCUT2D eigenvalue weighted by atomic mass is 10.1. The first-order chi connectivity index (χ1) is 8.66. The van der Waals surface area contributed by atoms with Gasteiger partial charge in [-0.25, -0.2) is 0 Å². The normalized spacial score (nSPS) is 20.7. The van der Waals surface area contributed by atoms with Gasteiger partial charge in [0.1, 0.15) is 0 Å². The number of para-hydroxylation sites is 1. The van der Waals surface area contributed by atoms with E-state index in [9.17, 15) is 0 Å². The topological polar surface area (TPSA) is 32.5 Å². The summed E-state index contributed by atoms with van der Waals surface area (Å²) in [6.07, 6.45) is 3.60. The van der Waals surface area contributed by atoms with Crippen molar-refractivity contribution in [1.82, 2.24) is 9.80 Å². The van der Waals surface area contributed by atoms with Gasteiger partial charge in [0.25, 0.3) is 0 Å². The number of rotatable bonds is 5. The van der Waals surface area contributed by atoms with E-state index in [0.29, 0.717) is 0 Å². The zero-order valence-corrected chi connectivity index (χ0v) is 11.6. The fourth-order valence-corrected chi connectivity index (χ4v) is 2.69. The van der Waals surface area contributed by atoms with Crippen LogP contribution in [0.15, 0.2) is 24.3 Å². The second-order valence-corrected chi connectivity index (χ2v) is 5.51. The van der Waals surface area contributed by atoms with Gasteiger partial charge in [0.05, 0.1) is 0 Å². The standard InChI is InChI=1S/C15H25N3/c1-17(2)14-9-11-18(12-14)10-5-7-13-6-3-4-8-15(13)16/h3-4,6,8,14H,5,7,9-12,16H2,1-2H3. The van der Waals surface area contributed by atoms with Crippen LogP contribution in [0.1, 0.15) is 18.4 Å². The quantitative estimate of drug-likeness (QED) is 0.806. The summed E-state index contributed by atoms with van der Waals surface area (Å²) in [6, 6.07) is 8.95. The highest BCUT2D eigenvalue weighted by Gasteiger charge is 2.23. The van der Waals surface area contributed by atoms with Crippen LogP contribution < -0.4 is 5.73 Å². The molecule has 1 unspecified atom stereocenters. The van der Waals surface area contributed by atoms with Gasteiger partial charge in [0.15, 0.2) is 0 Å². The van der Waals surface area contributed by atoms with Crippen molar-refractivity contribution in [3.8, 4) is 0 Å². The Balaban J connectivity index is 1.72. The minimum atomic E-state index is 0.742. The Morgan fingerprint density at radius 3 is 2.78 bits per heavy atom. The first-order valence-corrected chi connectivity index (χ1v) is 6.89. The number of anilines is 1. The lowest BCUT2D eigenvalue weighted by molar-refractivity contribution is 0.267. The molecule has 3 nitrogen and oxygen atoms in total. The fourth-order valence-electron chi connectivity index (χ4n) is 2.69. The second kappa shape index (κ2) is 6.21. The van der Waals surface area contributed by atoms with E-state index in [4.69, 9.17) is 5.73 Å². The third-order valence-corrected chi connectivity index (χ3v) is 3.95. The fraction of sp³-hybridized carbons (Fsp3) is 0.600. The van der Waals surface area contributed by atoms with E-state index in [1.165, 1.54) is 38.0 Å². The van der Waals surface area contributed by atoms with Crippen LogP contribution in [0.25, 0.3) is 0 Å². The highest BCUT2D eigenvalue weighted by Crippen LogP contribution is 2.16. The van der Waals surface area contributed by atoms with Gasteiger partial charge < -0.3 is 15.5 Å². The monoisotopic (exact) mass is 247 g/mol. The molecule has 0 aliphatic carbocycles. The van der Waals surface area contributed by atoms with Crippen LogP contribution in [0.2, 0.25) is 0 Å². The Kier molecular flexibility index (Phi) is 4.61. The van der Waals surface area contributed by atoms with Gasteiger partial charge in [-0.2, -0.15) is 0 Å². The maximum atomic E-state index is 5.96. The van der Waals surface area contributed by atoms with Gasteiger partial charge >= 0.3 is 0 Å². The Labute approximate surface area is 111 Å².